The number of benzene rings is 1. The molecule has 1 N–H and O–H groups in total. The van der Waals surface area contributed by atoms with Crippen LogP contribution in [0.4, 0.5) is 0 Å². The van der Waals surface area contributed by atoms with Gasteiger partial charge in [-0.1, -0.05) is 37.4 Å². The molecule has 1 saturated carbocycles. The van der Waals surface area contributed by atoms with Gasteiger partial charge in [-0.05, 0) is 36.5 Å². The Bertz CT molecular complexity index is 450. The number of nitriles is 1. The Morgan fingerprint density at radius 3 is 2.83 bits per heavy atom. The maximum absolute atomic E-state index is 8.80. The van der Waals surface area contributed by atoms with Crippen LogP contribution in [-0.2, 0) is 6.54 Å². The molecule has 2 unspecified atom stereocenters. The van der Waals surface area contributed by atoms with Gasteiger partial charge in [0, 0.05) is 17.6 Å². The Hall–Kier alpha value is -1.04. The van der Waals surface area contributed by atoms with Crippen LogP contribution < -0.4 is 5.32 Å². The van der Waals surface area contributed by atoms with E-state index in [1.165, 1.54) is 25.7 Å². The summed E-state index contributed by atoms with van der Waals surface area (Å²) in [6.07, 6.45) is 5.26. The first-order valence-electron chi connectivity index (χ1n) is 6.62. The fourth-order valence-electron chi connectivity index (χ4n) is 2.62. The second-order valence-corrected chi connectivity index (χ2v) is 5.57. The number of halogens is 1. The average Bonchev–Trinajstić information content (AvgIpc) is 2.39. The second kappa shape index (κ2) is 6.22. The van der Waals surface area contributed by atoms with Gasteiger partial charge in [-0.15, -0.1) is 0 Å². The van der Waals surface area contributed by atoms with Crippen LogP contribution in [0.1, 0.15) is 43.7 Å². The minimum Gasteiger partial charge on any atom is -0.310 e. The summed E-state index contributed by atoms with van der Waals surface area (Å²) in [6.45, 7) is 3.11. The summed E-state index contributed by atoms with van der Waals surface area (Å²) < 4.78 is 0. The third-order valence-corrected chi connectivity index (χ3v) is 4.20. The maximum Gasteiger partial charge on any atom is 0.0992 e. The van der Waals surface area contributed by atoms with Crippen molar-refractivity contribution in [3.05, 3.63) is 34.3 Å². The van der Waals surface area contributed by atoms with Gasteiger partial charge in [0.2, 0.25) is 0 Å². The van der Waals surface area contributed by atoms with E-state index >= 15 is 0 Å². The summed E-state index contributed by atoms with van der Waals surface area (Å²) >= 11 is 6.17. The lowest BCUT2D eigenvalue weighted by Crippen LogP contribution is -2.36. The summed E-state index contributed by atoms with van der Waals surface area (Å²) in [5, 5.41) is 13.1. The van der Waals surface area contributed by atoms with Gasteiger partial charge in [-0.25, -0.2) is 0 Å². The van der Waals surface area contributed by atoms with Crippen molar-refractivity contribution in [2.24, 2.45) is 5.92 Å². The molecule has 0 spiro atoms. The Labute approximate surface area is 114 Å². The zero-order valence-electron chi connectivity index (χ0n) is 10.7. The van der Waals surface area contributed by atoms with Crippen LogP contribution in [0.3, 0.4) is 0 Å². The van der Waals surface area contributed by atoms with Crippen LogP contribution in [-0.4, -0.2) is 6.04 Å². The first-order valence-corrected chi connectivity index (χ1v) is 7.00. The van der Waals surface area contributed by atoms with E-state index in [-0.39, 0.29) is 0 Å². The van der Waals surface area contributed by atoms with Crippen molar-refractivity contribution in [1.29, 1.82) is 5.26 Å². The van der Waals surface area contributed by atoms with Gasteiger partial charge in [-0.2, -0.15) is 5.26 Å². The van der Waals surface area contributed by atoms with E-state index in [4.69, 9.17) is 16.9 Å². The lowest BCUT2D eigenvalue weighted by molar-refractivity contribution is 0.279. The van der Waals surface area contributed by atoms with Crippen LogP contribution >= 0.6 is 11.6 Å². The molecule has 1 aliphatic carbocycles. The molecule has 96 valence electrons. The van der Waals surface area contributed by atoms with Gasteiger partial charge in [0.25, 0.3) is 0 Å². The van der Waals surface area contributed by atoms with Crippen molar-refractivity contribution < 1.29 is 0 Å². The van der Waals surface area contributed by atoms with Crippen LogP contribution in [0.2, 0.25) is 5.02 Å². The van der Waals surface area contributed by atoms with Crippen molar-refractivity contribution in [3.8, 4) is 6.07 Å². The summed E-state index contributed by atoms with van der Waals surface area (Å²) in [7, 11) is 0. The summed E-state index contributed by atoms with van der Waals surface area (Å²) in [6, 6.07) is 8.22. The molecule has 0 aliphatic heterocycles. The minimum absolute atomic E-state index is 0.602. The van der Waals surface area contributed by atoms with Crippen LogP contribution in [0.25, 0.3) is 0 Å². The number of rotatable bonds is 3. The molecule has 18 heavy (non-hydrogen) atoms. The smallest absolute Gasteiger partial charge is 0.0992 e. The molecule has 1 aliphatic rings. The third kappa shape index (κ3) is 3.25. The van der Waals surface area contributed by atoms with Crippen LogP contribution in [0.15, 0.2) is 18.2 Å². The van der Waals surface area contributed by atoms with Crippen LogP contribution in [0.5, 0.6) is 0 Å². The number of nitrogens with zero attached hydrogens (tertiary/aromatic N) is 1. The van der Waals surface area contributed by atoms with Crippen molar-refractivity contribution in [2.45, 2.75) is 45.2 Å². The van der Waals surface area contributed by atoms with Gasteiger partial charge >= 0.3 is 0 Å². The molecule has 2 atom stereocenters. The highest BCUT2D eigenvalue weighted by Gasteiger charge is 2.20. The molecular weight excluding hydrogens is 244 g/mol. The monoisotopic (exact) mass is 262 g/mol. The van der Waals surface area contributed by atoms with Gasteiger partial charge in [-0.3, -0.25) is 0 Å². The highest BCUT2D eigenvalue weighted by Crippen LogP contribution is 2.25. The van der Waals surface area contributed by atoms with Crippen LogP contribution in [0, 0.1) is 17.2 Å². The van der Waals surface area contributed by atoms with Crippen molar-refractivity contribution >= 4 is 11.6 Å². The molecular formula is C15H19ClN2. The largest absolute Gasteiger partial charge is 0.310 e. The maximum atomic E-state index is 8.80. The van der Waals surface area contributed by atoms with Crippen molar-refractivity contribution in [3.63, 3.8) is 0 Å². The second-order valence-electron chi connectivity index (χ2n) is 5.17. The van der Waals surface area contributed by atoms with Gasteiger partial charge in [0.05, 0.1) is 11.6 Å². The molecule has 1 aromatic carbocycles. The molecule has 2 rings (SSSR count). The quantitative estimate of drug-likeness (QED) is 0.897. The Kier molecular flexibility index (Phi) is 4.63. The lowest BCUT2D eigenvalue weighted by atomic mass is 9.86. The van der Waals surface area contributed by atoms with Gasteiger partial charge in [0.1, 0.15) is 0 Å². The Balaban J connectivity index is 1.95. The fraction of sp³-hybridized carbons (Fsp3) is 0.533. The van der Waals surface area contributed by atoms with Crippen molar-refractivity contribution in [1.82, 2.24) is 5.32 Å². The zero-order chi connectivity index (χ0) is 13.0. The summed E-state index contributed by atoms with van der Waals surface area (Å²) in [4.78, 5) is 0. The highest BCUT2D eigenvalue weighted by atomic mass is 35.5. The molecule has 0 heterocycles. The molecule has 0 radical (unpaired) electrons. The van der Waals surface area contributed by atoms with E-state index in [0.29, 0.717) is 16.6 Å². The van der Waals surface area contributed by atoms with E-state index in [1.807, 2.05) is 12.1 Å². The molecule has 2 nitrogen and oxygen atoms in total. The topological polar surface area (TPSA) is 35.8 Å². The normalized spacial score (nSPS) is 23.6. The molecule has 0 amide bonds. The number of nitrogens with one attached hydrogen (secondary N) is 1. The lowest BCUT2D eigenvalue weighted by Gasteiger charge is -2.29. The number of hydrogen-bond donors (Lipinski definition) is 1. The molecule has 0 saturated heterocycles. The van der Waals surface area contributed by atoms with Crippen molar-refractivity contribution in [2.75, 3.05) is 0 Å². The van der Waals surface area contributed by atoms with E-state index in [2.05, 4.69) is 18.3 Å². The van der Waals surface area contributed by atoms with Gasteiger partial charge in [0.15, 0.2) is 0 Å². The Morgan fingerprint density at radius 2 is 2.17 bits per heavy atom. The zero-order valence-corrected chi connectivity index (χ0v) is 11.5. The predicted octanol–water partition coefficient (Wildman–Crippen LogP) is 3.88. The third-order valence-electron chi connectivity index (χ3n) is 3.85. The molecule has 1 fully saturated rings. The average molecular weight is 263 g/mol. The molecule has 0 bridgehead atoms. The standard InChI is InChI=1S/C15H19ClN2/c1-11-4-2-3-5-15(11)18-10-13-7-6-12(9-17)8-14(13)16/h6-8,11,15,18H,2-5,10H2,1H3. The highest BCUT2D eigenvalue weighted by molar-refractivity contribution is 6.31. The Morgan fingerprint density at radius 1 is 1.39 bits per heavy atom. The summed E-state index contributed by atoms with van der Waals surface area (Å²) in [5.74, 6) is 0.746. The van der Waals surface area contributed by atoms with E-state index < -0.39 is 0 Å². The first kappa shape index (κ1) is 13.4. The first-order chi connectivity index (χ1) is 8.70. The van der Waals surface area contributed by atoms with Gasteiger partial charge < -0.3 is 5.32 Å². The summed E-state index contributed by atoms with van der Waals surface area (Å²) in [5.41, 5.74) is 1.70. The SMILES string of the molecule is CC1CCCCC1NCc1ccc(C#N)cc1Cl. The predicted molar refractivity (Wildman–Crippen MR) is 74.4 cm³/mol. The molecule has 0 aromatic heterocycles. The molecule has 1 aromatic rings. The van der Waals surface area contributed by atoms with E-state index in [9.17, 15) is 0 Å². The van der Waals surface area contributed by atoms with E-state index in [0.717, 1.165) is 18.0 Å². The fourth-order valence-corrected chi connectivity index (χ4v) is 2.87. The molecule has 3 heteroatoms. The number of hydrogen-bond acceptors (Lipinski definition) is 2. The minimum atomic E-state index is 0.602. The van der Waals surface area contributed by atoms with E-state index in [1.54, 1.807) is 6.07 Å².